The molecule has 21 heavy (non-hydrogen) atoms. The van der Waals surface area contributed by atoms with E-state index in [9.17, 15) is 4.79 Å². The number of carbonyl (C=O) groups is 1. The number of nitrogens with zero attached hydrogens (tertiary/aromatic N) is 1. The average molecular weight is 280 g/mol. The zero-order valence-corrected chi connectivity index (χ0v) is 12.3. The highest BCUT2D eigenvalue weighted by molar-refractivity contribution is 6.06. The summed E-state index contributed by atoms with van der Waals surface area (Å²) < 4.78 is 0. The van der Waals surface area contributed by atoms with Gasteiger partial charge in [-0.25, -0.2) is 0 Å². The summed E-state index contributed by atoms with van der Waals surface area (Å²) in [5, 5.41) is 0. The second-order valence-electron chi connectivity index (χ2n) is 5.48. The predicted molar refractivity (Wildman–Crippen MR) is 86.7 cm³/mol. The molecule has 0 radical (unpaired) electrons. The first-order valence-electron chi connectivity index (χ1n) is 7.48. The van der Waals surface area contributed by atoms with Crippen LogP contribution in [0.25, 0.3) is 0 Å². The number of nitrogens with two attached hydrogens (primary N) is 1. The van der Waals surface area contributed by atoms with Crippen LogP contribution in [-0.2, 0) is 12.8 Å². The molecule has 0 fully saturated rings. The largest absolute Gasteiger partial charge is 0.399 e. The van der Waals surface area contributed by atoms with Gasteiger partial charge in [-0.3, -0.25) is 4.79 Å². The molecular formula is C18H20N2O. The van der Waals surface area contributed by atoms with E-state index in [2.05, 4.69) is 12.1 Å². The molecular weight excluding hydrogens is 260 g/mol. The highest BCUT2D eigenvalue weighted by atomic mass is 16.2. The van der Waals surface area contributed by atoms with Crippen molar-refractivity contribution < 1.29 is 4.79 Å². The lowest BCUT2D eigenvalue weighted by atomic mass is 10.1. The Balaban J connectivity index is 1.90. The Morgan fingerprint density at radius 2 is 1.81 bits per heavy atom. The smallest absolute Gasteiger partial charge is 0.258 e. The first-order valence-corrected chi connectivity index (χ1v) is 7.48. The minimum Gasteiger partial charge on any atom is -0.399 e. The minimum absolute atomic E-state index is 0.0528. The van der Waals surface area contributed by atoms with Gasteiger partial charge >= 0.3 is 0 Å². The van der Waals surface area contributed by atoms with Gasteiger partial charge in [0, 0.05) is 23.5 Å². The lowest BCUT2D eigenvalue weighted by Crippen LogP contribution is -2.30. The zero-order chi connectivity index (χ0) is 14.8. The van der Waals surface area contributed by atoms with E-state index in [0.29, 0.717) is 12.2 Å². The van der Waals surface area contributed by atoms with E-state index in [0.717, 1.165) is 24.1 Å². The molecule has 2 aromatic rings. The fourth-order valence-corrected chi connectivity index (χ4v) is 2.96. The van der Waals surface area contributed by atoms with Crippen LogP contribution in [0.4, 0.5) is 11.4 Å². The van der Waals surface area contributed by atoms with Crippen LogP contribution in [0.1, 0.15) is 34.8 Å². The summed E-state index contributed by atoms with van der Waals surface area (Å²) in [4.78, 5) is 14.5. The molecule has 1 aliphatic rings. The summed E-state index contributed by atoms with van der Waals surface area (Å²) >= 11 is 0. The van der Waals surface area contributed by atoms with Crippen LogP contribution in [0, 0.1) is 0 Å². The molecule has 0 unspecified atom stereocenters. The standard InChI is InChI=1S/C18H20N2O/c1-2-20(17-10-8-16(19)9-11-17)18(21)15-7-6-13-4-3-5-14(13)12-15/h6-12H,2-5,19H2,1H3. The van der Waals surface area contributed by atoms with Gasteiger partial charge in [0.15, 0.2) is 0 Å². The van der Waals surface area contributed by atoms with Crippen molar-refractivity contribution in [3.63, 3.8) is 0 Å². The first kappa shape index (κ1) is 13.7. The molecule has 0 saturated heterocycles. The molecule has 0 aromatic heterocycles. The molecule has 1 aliphatic carbocycles. The Morgan fingerprint density at radius 3 is 2.52 bits per heavy atom. The van der Waals surface area contributed by atoms with Gasteiger partial charge in [0.1, 0.15) is 0 Å². The maximum Gasteiger partial charge on any atom is 0.258 e. The number of anilines is 2. The molecule has 0 aliphatic heterocycles. The van der Waals surface area contributed by atoms with E-state index in [4.69, 9.17) is 5.73 Å². The van der Waals surface area contributed by atoms with Crippen LogP contribution in [0.3, 0.4) is 0 Å². The molecule has 1 amide bonds. The van der Waals surface area contributed by atoms with Crippen LogP contribution in [0.5, 0.6) is 0 Å². The number of benzene rings is 2. The molecule has 2 N–H and O–H groups in total. The van der Waals surface area contributed by atoms with Crippen molar-refractivity contribution in [2.75, 3.05) is 17.2 Å². The average Bonchev–Trinajstić information content (AvgIpc) is 2.97. The number of rotatable bonds is 3. The highest BCUT2D eigenvalue weighted by Gasteiger charge is 2.18. The topological polar surface area (TPSA) is 46.3 Å². The van der Waals surface area contributed by atoms with Crippen molar-refractivity contribution in [2.24, 2.45) is 0 Å². The number of fused-ring (bicyclic) bond motifs is 1. The van der Waals surface area contributed by atoms with Crippen LogP contribution in [0.2, 0.25) is 0 Å². The maximum atomic E-state index is 12.8. The van der Waals surface area contributed by atoms with Gasteiger partial charge in [-0.1, -0.05) is 6.07 Å². The van der Waals surface area contributed by atoms with E-state index in [1.54, 1.807) is 4.90 Å². The van der Waals surface area contributed by atoms with Crippen molar-refractivity contribution in [3.05, 3.63) is 59.2 Å². The van der Waals surface area contributed by atoms with E-state index < -0.39 is 0 Å². The summed E-state index contributed by atoms with van der Waals surface area (Å²) in [6.45, 7) is 2.63. The molecule has 0 spiro atoms. The molecule has 3 nitrogen and oxygen atoms in total. The number of nitrogen functional groups attached to an aromatic ring is 1. The molecule has 108 valence electrons. The zero-order valence-electron chi connectivity index (χ0n) is 12.3. The molecule has 0 atom stereocenters. The Morgan fingerprint density at radius 1 is 1.10 bits per heavy atom. The van der Waals surface area contributed by atoms with Crippen LogP contribution < -0.4 is 10.6 Å². The minimum atomic E-state index is 0.0528. The predicted octanol–water partition coefficient (Wildman–Crippen LogP) is 3.42. The first-order chi connectivity index (χ1) is 10.2. The Hall–Kier alpha value is -2.29. The highest BCUT2D eigenvalue weighted by Crippen LogP contribution is 2.25. The van der Waals surface area contributed by atoms with E-state index in [1.165, 1.54) is 17.5 Å². The van der Waals surface area contributed by atoms with Gasteiger partial charge < -0.3 is 10.6 Å². The molecule has 0 heterocycles. The molecule has 0 bridgehead atoms. The van der Waals surface area contributed by atoms with Gasteiger partial charge in [-0.15, -0.1) is 0 Å². The lowest BCUT2D eigenvalue weighted by molar-refractivity contribution is 0.0988. The lowest BCUT2D eigenvalue weighted by Gasteiger charge is -2.21. The molecule has 3 heteroatoms. The third-order valence-corrected chi connectivity index (χ3v) is 4.11. The van der Waals surface area contributed by atoms with Crippen molar-refractivity contribution in [1.82, 2.24) is 0 Å². The van der Waals surface area contributed by atoms with Crippen LogP contribution >= 0.6 is 0 Å². The van der Waals surface area contributed by atoms with Crippen molar-refractivity contribution in [1.29, 1.82) is 0 Å². The Bertz CT molecular complexity index is 661. The summed E-state index contributed by atoms with van der Waals surface area (Å²) in [6, 6.07) is 13.6. The summed E-state index contributed by atoms with van der Waals surface area (Å²) in [5.74, 6) is 0.0528. The van der Waals surface area contributed by atoms with Crippen molar-refractivity contribution in [3.8, 4) is 0 Å². The van der Waals surface area contributed by atoms with E-state index in [-0.39, 0.29) is 5.91 Å². The SMILES string of the molecule is CCN(C(=O)c1ccc2c(c1)CCC2)c1ccc(N)cc1. The fraction of sp³-hybridized carbons (Fsp3) is 0.278. The van der Waals surface area contributed by atoms with Crippen molar-refractivity contribution >= 4 is 17.3 Å². The number of amides is 1. The Labute approximate surface area is 125 Å². The fourth-order valence-electron chi connectivity index (χ4n) is 2.96. The van der Waals surface area contributed by atoms with Crippen LogP contribution in [0.15, 0.2) is 42.5 Å². The maximum absolute atomic E-state index is 12.8. The van der Waals surface area contributed by atoms with Gasteiger partial charge in [0.2, 0.25) is 0 Å². The summed E-state index contributed by atoms with van der Waals surface area (Å²) in [5.41, 5.74) is 10.8. The van der Waals surface area contributed by atoms with E-state index in [1.807, 2.05) is 37.3 Å². The second kappa shape index (κ2) is 5.60. The Kier molecular flexibility index (Phi) is 3.65. The van der Waals surface area contributed by atoms with Gasteiger partial charge in [-0.2, -0.15) is 0 Å². The number of hydrogen-bond acceptors (Lipinski definition) is 2. The quantitative estimate of drug-likeness (QED) is 0.876. The second-order valence-corrected chi connectivity index (χ2v) is 5.48. The van der Waals surface area contributed by atoms with Gasteiger partial charge in [0.05, 0.1) is 0 Å². The monoisotopic (exact) mass is 280 g/mol. The number of aryl methyl sites for hydroxylation is 2. The van der Waals surface area contributed by atoms with Crippen molar-refractivity contribution in [2.45, 2.75) is 26.2 Å². The van der Waals surface area contributed by atoms with E-state index >= 15 is 0 Å². The van der Waals surface area contributed by atoms with Crippen LogP contribution in [-0.4, -0.2) is 12.5 Å². The number of hydrogen-bond donors (Lipinski definition) is 1. The molecule has 3 rings (SSSR count). The molecule has 0 saturated carbocycles. The summed E-state index contributed by atoms with van der Waals surface area (Å²) in [7, 11) is 0. The third kappa shape index (κ3) is 2.64. The molecule has 2 aromatic carbocycles. The van der Waals surface area contributed by atoms with Gasteiger partial charge in [0.25, 0.3) is 5.91 Å². The number of carbonyl (C=O) groups excluding carboxylic acids is 1. The third-order valence-electron chi connectivity index (χ3n) is 4.11. The summed E-state index contributed by atoms with van der Waals surface area (Å²) in [6.07, 6.45) is 3.42. The van der Waals surface area contributed by atoms with Gasteiger partial charge in [-0.05, 0) is 73.7 Å². The normalized spacial score (nSPS) is 13.0.